The maximum atomic E-state index is 14.1. The molecule has 1 aromatic heterocycles. The molecule has 2 heterocycles. The van der Waals surface area contributed by atoms with Crippen molar-refractivity contribution in [3.8, 4) is 22.3 Å². The number of nitrogens with one attached hydrogen (secondary N) is 4. The molecule has 1 saturated carbocycles. The molecule has 4 atom stereocenters. The number of anilines is 1. The first kappa shape index (κ1) is 51.9. The fourth-order valence-electron chi connectivity index (χ4n) is 9.67. The number of unbranched alkanes of at least 4 members (excludes halogenated alkanes) is 2. The number of aliphatic hydroxyl groups is 1. The highest BCUT2D eigenvalue weighted by atomic mass is 35.5. The number of benzene rings is 3. The van der Waals surface area contributed by atoms with Gasteiger partial charge in [-0.3, -0.25) is 19.2 Å². The second-order valence-corrected chi connectivity index (χ2v) is 21.6. The van der Waals surface area contributed by atoms with Gasteiger partial charge in [-0.15, -0.1) is 11.3 Å². The molecule has 2 aliphatic rings. The molecule has 5 N–H and O–H groups in total. The van der Waals surface area contributed by atoms with E-state index in [1.807, 2.05) is 76.5 Å². The lowest BCUT2D eigenvalue weighted by molar-refractivity contribution is -0.164. The van der Waals surface area contributed by atoms with Gasteiger partial charge in [-0.05, 0) is 86.1 Å². The summed E-state index contributed by atoms with van der Waals surface area (Å²) >= 11 is 7.81. The zero-order valence-corrected chi connectivity index (χ0v) is 42.1. The van der Waals surface area contributed by atoms with Gasteiger partial charge < -0.3 is 40.7 Å². The third-order valence-electron chi connectivity index (χ3n) is 13.2. The van der Waals surface area contributed by atoms with Crippen LogP contribution in [0.1, 0.15) is 114 Å². The average Bonchev–Trinajstić information content (AvgIpc) is 3.91. The third kappa shape index (κ3) is 12.2. The van der Waals surface area contributed by atoms with Crippen LogP contribution in [0.15, 0.2) is 72.2 Å². The first-order valence-electron chi connectivity index (χ1n) is 23.3. The third-order valence-corrected chi connectivity index (χ3v) is 14.5. The zero-order valence-electron chi connectivity index (χ0n) is 40.6. The molecule has 16 heteroatoms. The molecule has 0 bridgehead atoms. The van der Waals surface area contributed by atoms with Gasteiger partial charge >= 0.3 is 0 Å². The monoisotopic (exact) mass is 967 g/mol. The van der Waals surface area contributed by atoms with Gasteiger partial charge in [0, 0.05) is 60.3 Å². The van der Waals surface area contributed by atoms with E-state index >= 15 is 0 Å². The molecule has 6 rings (SSSR count). The Hall–Kier alpha value is -5.53. The molecule has 0 spiro atoms. The average molecular weight is 969 g/mol. The summed E-state index contributed by atoms with van der Waals surface area (Å²) in [5, 5.41) is 32.7. The van der Waals surface area contributed by atoms with E-state index in [2.05, 4.69) is 60.0 Å². The molecule has 4 aromatic rings. The van der Waals surface area contributed by atoms with Gasteiger partial charge in [0.25, 0.3) is 5.91 Å². The second-order valence-electron chi connectivity index (χ2n) is 20.3. The van der Waals surface area contributed by atoms with Crippen LogP contribution in [0.4, 0.5) is 5.69 Å². The standard InChI is InChI=1S/C52H66ClN7O7S/c1-31(33-13-15-34(16-14-33)43-32(2)56-30-68-43)57-46(64)41-25-38(61)28-60(41)47(65)44(50(3,4)5)58-42(62)29-66-24-12-10-11-23-55-37-20-17-35(18-21-37)45(63)59-48-51(6,7)49(52(48,8)9)67-39-22-19-36(27-54)40(53)26-39/h13-22,26,30-31,38,41,44,48-49,55,61H,10-12,23-25,28-29H2,1-9H3,(H,57,64)(H,58,62)(H,59,63). The molecule has 3 aromatic carbocycles. The summed E-state index contributed by atoms with van der Waals surface area (Å²) in [6.07, 6.45) is 1.46. The lowest BCUT2D eigenvalue weighted by Gasteiger charge is -2.63. The topological polar surface area (TPSA) is 195 Å². The Morgan fingerprint density at radius 3 is 2.29 bits per heavy atom. The number of hydrogen-bond donors (Lipinski definition) is 5. The second kappa shape index (κ2) is 21.8. The number of ether oxygens (including phenoxy) is 2. The highest BCUT2D eigenvalue weighted by Crippen LogP contribution is 2.55. The Morgan fingerprint density at radius 1 is 0.985 bits per heavy atom. The van der Waals surface area contributed by atoms with Crippen LogP contribution in [0.5, 0.6) is 5.75 Å². The van der Waals surface area contributed by atoms with Crippen molar-refractivity contribution >= 4 is 52.3 Å². The maximum absolute atomic E-state index is 14.1. The summed E-state index contributed by atoms with van der Waals surface area (Å²) in [7, 11) is 0. The SMILES string of the molecule is Cc1ncsc1-c1ccc(C(C)NC(=O)C2CC(O)CN2C(=O)C(NC(=O)COCCCCCNc2ccc(C(=O)NC3C(C)(C)C(Oc4ccc(C#N)c(Cl)c4)C3(C)C)cc2)C(C)(C)C)cc1. The van der Waals surface area contributed by atoms with E-state index in [4.69, 9.17) is 21.1 Å². The van der Waals surface area contributed by atoms with Crippen molar-refractivity contribution in [2.24, 2.45) is 16.2 Å². The molecule has 4 unspecified atom stereocenters. The molecular formula is C52H66ClN7O7S. The van der Waals surface area contributed by atoms with Gasteiger partial charge in [0.1, 0.15) is 36.6 Å². The quantitative estimate of drug-likeness (QED) is 0.0572. The number of β-amino-alcohol motifs (C(OH)–C–C–N with tert-alkyl or cyclic N) is 1. The van der Waals surface area contributed by atoms with Gasteiger partial charge in [0.15, 0.2) is 0 Å². The maximum Gasteiger partial charge on any atom is 0.251 e. The summed E-state index contributed by atoms with van der Waals surface area (Å²) in [6.45, 7) is 18.5. The van der Waals surface area contributed by atoms with Crippen molar-refractivity contribution in [3.05, 3.63) is 99.6 Å². The van der Waals surface area contributed by atoms with Crippen LogP contribution < -0.4 is 26.0 Å². The minimum atomic E-state index is -0.952. The number of hydrogen-bond acceptors (Lipinski definition) is 11. The summed E-state index contributed by atoms with van der Waals surface area (Å²) < 4.78 is 12.1. The minimum absolute atomic E-state index is 0.0135. The van der Waals surface area contributed by atoms with Crippen molar-refractivity contribution in [3.63, 3.8) is 0 Å². The Kier molecular flexibility index (Phi) is 16.6. The highest BCUT2D eigenvalue weighted by molar-refractivity contribution is 7.13. The fourth-order valence-corrected chi connectivity index (χ4v) is 10.7. The lowest BCUT2D eigenvalue weighted by Crippen LogP contribution is -2.74. The normalized spacial score (nSPS) is 20.3. The highest BCUT2D eigenvalue weighted by Gasteiger charge is 2.64. The van der Waals surface area contributed by atoms with E-state index in [0.717, 1.165) is 46.6 Å². The number of likely N-dealkylation sites (tertiary alicyclic amines) is 1. The largest absolute Gasteiger partial charge is 0.489 e. The molecule has 1 aliphatic heterocycles. The van der Waals surface area contributed by atoms with Crippen molar-refractivity contribution in [2.45, 2.75) is 124 Å². The number of amides is 4. The number of rotatable bonds is 19. The first-order chi connectivity index (χ1) is 32.1. The first-order valence-corrected chi connectivity index (χ1v) is 24.5. The number of nitrogens with zero attached hydrogens (tertiary/aromatic N) is 3. The molecule has 2 fully saturated rings. The number of aromatic nitrogens is 1. The number of aliphatic hydroxyl groups excluding tert-OH is 1. The van der Waals surface area contributed by atoms with E-state index in [1.165, 1.54) is 4.90 Å². The van der Waals surface area contributed by atoms with Crippen LogP contribution in [0, 0.1) is 34.5 Å². The number of aryl methyl sites for hydroxylation is 1. The van der Waals surface area contributed by atoms with Gasteiger partial charge in [-0.25, -0.2) is 4.98 Å². The molecule has 1 aliphatic carbocycles. The zero-order chi connectivity index (χ0) is 49.6. The Morgan fingerprint density at radius 2 is 1.68 bits per heavy atom. The molecule has 4 amide bonds. The van der Waals surface area contributed by atoms with Crippen LogP contribution >= 0.6 is 22.9 Å². The van der Waals surface area contributed by atoms with Crippen LogP contribution in [0.2, 0.25) is 5.02 Å². The number of carbonyl (C=O) groups excluding carboxylic acids is 4. The summed E-state index contributed by atoms with van der Waals surface area (Å²) in [5.74, 6) is -0.820. The Bertz CT molecular complexity index is 2450. The number of thiazole rings is 1. The van der Waals surface area contributed by atoms with Gasteiger partial charge in [0.2, 0.25) is 17.7 Å². The van der Waals surface area contributed by atoms with E-state index in [-0.39, 0.29) is 60.4 Å². The molecule has 1 saturated heterocycles. The number of carbonyl (C=O) groups is 4. The van der Waals surface area contributed by atoms with Crippen LogP contribution in [0.3, 0.4) is 0 Å². The smallest absolute Gasteiger partial charge is 0.251 e. The molecule has 14 nitrogen and oxygen atoms in total. The Balaban J connectivity index is 0.887. The lowest BCUT2D eigenvalue weighted by atomic mass is 9.49. The summed E-state index contributed by atoms with van der Waals surface area (Å²) in [6, 6.07) is 20.1. The summed E-state index contributed by atoms with van der Waals surface area (Å²) in [4.78, 5) is 61.0. The molecule has 364 valence electrons. The van der Waals surface area contributed by atoms with Crippen molar-refractivity contribution in [1.29, 1.82) is 5.26 Å². The van der Waals surface area contributed by atoms with Crippen LogP contribution in [-0.2, 0) is 19.1 Å². The van der Waals surface area contributed by atoms with Crippen LogP contribution in [0.25, 0.3) is 10.4 Å². The van der Waals surface area contributed by atoms with Gasteiger partial charge in [-0.2, -0.15) is 5.26 Å². The molecule has 0 radical (unpaired) electrons. The van der Waals surface area contributed by atoms with Crippen molar-refractivity contribution < 1.29 is 33.8 Å². The minimum Gasteiger partial charge on any atom is -0.489 e. The van der Waals surface area contributed by atoms with Crippen molar-refractivity contribution in [1.82, 2.24) is 25.8 Å². The summed E-state index contributed by atoms with van der Waals surface area (Å²) in [5.41, 5.74) is 5.11. The number of nitriles is 1. The molecular weight excluding hydrogens is 902 g/mol. The van der Waals surface area contributed by atoms with E-state index in [1.54, 1.807) is 41.7 Å². The number of halogens is 1. The van der Waals surface area contributed by atoms with Crippen molar-refractivity contribution in [2.75, 3.05) is 31.6 Å². The van der Waals surface area contributed by atoms with Gasteiger partial charge in [-0.1, -0.05) is 84.3 Å². The predicted octanol–water partition coefficient (Wildman–Crippen LogP) is 8.22. The van der Waals surface area contributed by atoms with Crippen LogP contribution in [-0.4, -0.2) is 95.3 Å². The predicted molar refractivity (Wildman–Crippen MR) is 265 cm³/mol. The fraction of sp³-hybridized carbons (Fsp3) is 0.500. The van der Waals surface area contributed by atoms with E-state index in [9.17, 15) is 29.5 Å². The van der Waals surface area contributed by atoms with E-state index in [0.29, 0.717) is 35.1 Å². The Labute approximate surface area is 409 Å². The van der Waals surface area contributed by atoms with Gasteiger partial charge in [0.05, 0.1) is 38.8 Å². The van der Waals surface area contributed by atoms with E-state index < -0.39 is 35.4 Å². The molecule has 68 heavy (non-hydrogen) atoms.